The van der Waals surface area contributed by atoms with Gasteiger partial charge in [-0.2, -0.15) is 0 Å². The van der Waals surface area contributed by atoms with E-state index in [1.54, 1.807) is 39.5 Å². The Morgan fingerprint density at radius 1 is 0.800 bits per heavy atom. The number of ether oxygens (including phenoxy) is 7. The van der Waals surface area contributed by atoms with Gasteiger partial charge in [0.2, 0.25) is 0 Å². The Morgan fingerprint density at radius 2 is 1.32 bits per heavy atom. The lowest BCUT2D eigenvalue weighted by Gasteiger charge is -2.44. The molecule has 1 amide bonds. The molecule has 6 atom stereocenters. The van der Waals surface area contributed by atoms with Crippen LogP contribution >= 0.6 is 0 Å². The van der Waals surface area contributed by atoms with E-state index < -0.39 is 71.8 Å². The Labute approximate surface area is 235 Å². The van der Waals surface area contributed by atoms with Gasteiger partial charge in [-0.3, -0.25) is 24.1 Å². The van der Waals surface area contributed by atoms with E-state index in [0.29, 0.717) is 25.9 Å². The molecule has 2 rings (SSSR count). The highest BCUT2D eigenvalue weighted by Gasteiger charge is 2.52. The third kappa shape index (κ3) is 9.61. The van der Waals surface area contributed by atoms with Gasteiger partial charge < -0.3 is 33.2 Å². The Balaban J connectivity index is 2.27. The van der Waals surface area contributed by atoms with Gasteiger partial charge in [-0.25, -0.2) is 4.79 Å². The summed E-state index contributed by atoms with van der Waals surface area (Å²) < 4.78 is 39.2. The number of rotatable bonds is 9. The van der Waals surface area contributed by atoms with Crippen molar-refractivity contribution in [3.05, 3.63) is 0 Å². The Bertz CT molecular complexity index is 942. The molecule has 0 radical (unpaired) electrons. The normalized spacial score (nSPS) is 27.9. The van der Waals surface area contributed by atoms with Gasteiger partial charge >= 0.3 is 30.0 Å². The lowest BCUT2D eigenvalue weighted by Crippen LogP contribution is -2.62. The van der Waals surface area contributed by atoms with Crippen LogP contribution in [0.15, 0.2) is 0 Å². The van der Waals surface area contributed by atoms with Crippen molar-refractivity contribution in [1.29, 1.82) is 0 Å². The first kappa shape index (κ1) is 33.3. The molecule has 13 heteroatoms. The molecular weight excluding hydrogens is 530 g/mol. The van der Waals surface area contributed by atoms with Gasteiger partial charge in [0.15, 0.2) is 18.3 Å². The van der Waals surface area contributed by atoms with E-state index in [1.165, 1.54) is 27.7 Å². The average molecular weight is 574 g/mol. The van der Waals surface area contributed by atoms with Crippen molar-refractivity contribution in [2.75, 3.05) is 13.2 Å². The van der Waals surface area contributed by atoms with Gasteiger partial charge in [0.05, 0.1) is 18.8 Å². The SMILES string of the molecule is CC(=O)OC[C@H]1O[C@@H](CCC[C@H]2COC(C)(C)N2C(=O)OC(C)(C)C)[C@H](OC(C)=O)[C@@H](OC(C)=O)[C@@H]1OC(C)=O. The summed E-state index contributed by atoms with van der Waals surface area (Å²) in [6.07, 6.45) is -4.55. The van der Waals surface area contributed by atoms with E-state index in [1.807, 2.05) is 0 Å². The molecule has 0 aromatic rings. The first-order valence-corrected chi connectivity index (χ1v) is 13.4. The van der Waals surface area contributed by atoms with Gasteiger partial charge in [0.25, 0.3) is 0 Å². The maximum atomic E-state index is 13.0. The van der Waals surface area contributed by atoms with E-state index in [0.717, 1.165) is 0 Å². The highest BCUT2D eigenvalue weighted by Crippen LogP contribution is 2.34. The monoisotopic (exact) mass is 573 g/mol. The number of nitrogens with zero attached hydrogens (tertiary/aromatic N) is 1. The molecule has 2 fully saturated rings. The van der Waals surface area contributed by atoms with Crippen molar-refractivity contribution in [1.82, 2.24) is 4.90 Å². The van der Waals surface area contributed by atoms with Gasteiger partial charge in [-0.1, -0.05) is 0 Å². The molecule has 0 aromatic heterocycles. The van der Waals surface area contributed by atoms with Crippen LogP contribution in [0.2, 0.25) is 0 Å². The van der Waals surface area contributed by atoms with Crippen LogP contribution in [0.1, 0.15) is 81.6 Å². The molecule has 40 heavy (non-hydrogen) atoms. The molecule has 0 aliphatic carbocycles. The van der Waals surface area contributed by atoms with Gasteiger partial charge in [0.1, 0.15) is 24.0 Å². The number of hydrogen-bond donors (Lipinski definition) is 0. The van der Waals surface area contributed by atoms with E-state index in [2.05, 4.69) is 0 Å². The van der Waals surface area contributed by atoms with Crippen molar-refractivity contribution >= 4 is 30.0 Å². The number of esters is 4. The van der Waals surface area contributed by atoms with E-state index in [4.69, 9.17) is 33.2 Å². The van der Waals surface area contributed by atoms with E-state index >= 15 is 0 Å². The van der Waals surface area contributed by atoms with E-state index in [9.17, 15) is 24.0 Å². The van der Waals surface area contributed by atoms with E-state index in [-0.39, 0.29) is 12.6 Å². The lowest BCUT2D eigenvalue weighted by atomic mass is 9.91. The number of hydrogen-bond acceptors (Lipinski definition) is 12. The zero-order valence-electron chi connectivity index (χ0n) is 24.8. The Morgan fingerprint density at radius 3 is 1.82 bits per heavy atom. The van der Waals surface area contributed by atoms with Crippen LogP contribution in [0, 0.1) is 0 Å². The minimum absolute atomic E-state index is 0.286. The molecule has 13 nitrogen and oxygen atoms in total. The number of carbonyl (C=O) groups is 5. The summed E-state index contributed by atoms with van der Waals surface area (Å²) >= 11 is 0. The molecule has 0 saturated carbocycles. The largest absolute Gasteiger partial charge is 0.463 e. The molecular formula is C27H43NO12. The quantitative estimate of drug-likeness (QED) is 0.294. The van der Waals surface area contributed by atoms with Crippen LogP contribution in [0.3, 0.4) is 0 Å². The Hall–Kier alpha value is -2.93. The van der Waals surface area contributed by atoms with Crippen molar-refractivity contribution in [2.45, 2.75) is 129 Å². The van der Waals surface area contributed by atoms with Gasteiger partial charge in [-0.15, -0.1) is 0 Å². The fourth-order valence-electron chi connectivity index (χ4n) is 4.88. The lowest BCUT2D eigenvalue weighted by molar-refractivity contribution is -0.253. The summed E-state index contributed by atoms with van der Waals surface area (Å²) in [6, 6.07) is -0.296. The second kappa shape index (κ2) is 13.6. The predicted octanol–water partition coefficient (Wildman–Crippen LogP) is 2.65. The average Bonchev–Trinajstić information content (AvgIpc) is 3.08. The summed E-state index contributed by atoms with van der Waals surface area (Å²) in [6.45, 7) is 13.7. The molecule has 228 valence electrons. The molecule has 0 unspecified atom stereocenters. The molecule has 2 saturated heterocycles. The number of carbonyl (C=O) groups excluding carboxylic acids is 5. The molecule has 0 N–H and O–H groups in total. The van der Waals surface area contributed by atoms with Gasteiger partial charge in [-0.05, 0) is 53.9 Å². The molecule has 2 aliphatic heterocycles. The fourth-order valence-corrected chi connectivity index (χ4v) is 4.88. The first-order chi connectivity index (χ1) is 18.4. The summed E-state index contributed by atoms with van der Waals surface area (Å²) in [5.74, 6) is -2.62. The van der Waals surface area contributed by atoms with Gasteiger partial charge in [0, 0.05) is 27.7 Å². The summed E-state index contributed by atoms with van der Waals surface area (Å²) in [5, 5.41) is 0. The van der Waals surface area contributed by atoms with Crippen molar-refractivity contribution in [2.24, 2.45) is 0 Å². The fraction of sp³-hybridized carbons (Fsp3) is 0.815. The number of amides is 1. The smallest absolute Gasteiger partial charge is 0.412 e. The maximum Gasteiger partial charge on any atom is 0.412 e. The first-order valence-electron chi connectivity index (χ1n) is 13.4. The molecule has 2 aliphatic rings. The van der Waals surface area contributed by atoms with Crippen molar-refractivity contribution in [3.63, 3.8) is 0 Å². The minimum Gasteiger partial charge on any atom is -0.463 e. The zero-order chi connectivity index (χ0) is 30.4. The molecule has 0 spiro atoms. The molecule has 0 aromatic carbocycles. The summed E-state index contributed by atoms with van der Waals surface area (Å²) in [5.41, 5.74) is -1.56. The molecule has 2 heterocycles. The summed E-state index contributed by atoms with van der Waals surface area (Å²) in [4.78, 5) is 62.0. The van der Waals surface area contributed by atoms with Crippen LogP contribution in [0.5, 0.6) is 0 Å². The highest BCUT2D eigenvalue weighted by atomic mass is 16.7. The van der Waals surface area contributed by atoms with Crippen molar-refractivity contribution < 1.29 is 57.1 Å². The van der Waals surface area contributed by atoms with Crippen LogP contribution in [-0.2, 0) is 52.3 Å². The third-order valence-electron chi connectivity index (χ3n) is 6.28. The zero-order valence-corrected chi connectivity index (χ0v) is 24.8. The summed E-state index contributed by atoms with van der Waals surface area (Å²) in [7, 11) is 0. The molecule has 0 bridgehead atoms. The Kier molecular flexibility index (Phi) is 11.3. The predicted molar refractivity (Wildman–Crippen MR) is 138 cm³/mol. The highest BCUT2D eigenvalue weighted by molar-refractivity contribution is 5.70. The second-order valence-electron chi connectivity index (χ2n) is 11.4. The van der Waals surface area contributed by atoms with Crippen LogP contribution < -0.4 is 0 Å². The standard InChI is InChI=1S/C27H43NO12/c1-15(29)34-14-21-23(37-17(3)31)24(38-18(4)32)22(36-16(2)30)20(39-21)12-10-11-19-13-35-27(8,9)28(19)25(33)40-26(5,6)7/h19-24H,10-14H2,1-9H3/t19-,20-,21+,22-,23+,24+/m0/s1. The van der Waals surface area contributed by atoms with Crippen molar-refractivity contribution in [3.8, 4) is 0 Å². The topological polar surface area (TPSA) is 153 Å². The third-order valence-corrected chi connectivity index (χ3v) is 6.28. The van der Waals surface area contributed by atoms with Crippen LogP contribution in [-0.4, -0.2) is 96.0 Å². The van der Waals surface area contributed by atoms with Crippen LogP contribution in [0.4, 0.5) is 4.79 Å². The minimum atomic E-state index is -1.21. The van der Waals surface area contributed by atoms with Crippen LogP contribution in [0.25, 0.3) is 0 Å². The second-order valence-corrected chi connectivity index (χ2v) is 11.4. The maximum absolute atomic E-state index is 13.0.